The van der Waals surface area contributed by atoms with Crippen LogP contribution in [0.25, 0.3) is 11.3 Å². The Bertz CT molecular complexity index is 1000. The van der Waals surface area contributed by atoms with Crippen LogP contribution in [-0.2, 0) is 0 Å². The molecule has 0 atom stereocenters. The second-order valence-electron chi connectivity index (χ2n) is 6.65. The number of thiazole rings is 1. The molecule has 0 radical (unpaired) electrons. The smallest absolute Gasteiger partial charge is 0.190 e. The SMILES string of the molecule is COc1ccc(-c2csc(=Nc3ccc(F)cc3F)n2C2CCCC2)cc1. The number of methoxy groups -OCH3 is 1. The maximum atomic E-state index is 14.1. The van der Waals surface area contributed by atoms with Gasteiger partial charge in [0.1, 0.15) is 17.3 Å². The monoisotopic (exact) mass is 386 g/mol. The zero-order chi connectivity index (χ0) is 18.8. The van der Waals surface area contributed by atoms with Crippen molar-refractivity contribution in [1.82, 2.24) is 4.57 Å². The Morgan fingerprint density at radius 2 is 1.81 bits per heavy atom. The number of hydrogen-bond acceptors (Lipinski definition) is 3. The highest BCUT2D eigenvalue weighted by Crippen LogP contribution is 2.34. The molecule has 0 spiro atoms. The molecule has 140 valence electrons. The summed E-state index contributed by atoms with van der Waals surface area (Å²) in [5, 5.41) is 2.06. The lowest BCUT2D eigenvalue weighted by Gasteiger charge is -2.16. The Morgan fingerprint density at radius 1 is 1.07 bits per heavy atom. The quantitative estimate of drug-likeness (QED) is 0.552. The van der Waals surface area contributed by atoms with Crippen LogP contribution in [0.2, 0.25) is 0 Å². The summed E-state index contributed by atoms with van der Waals surface area (Å²) in [5.74, 6) is -0.438. The van der Waals surface area contributed by atoms with Crippen molar-refractivity contribution in [2.45, 2.75) is 31.7 Å². The molecule has 1 aliphatic carbocycles. The highest BCUT2D eigenvalue weighted by molar-refractivity contribution is 7.07. The third kappa shape index (κ3) is 3.67. The Labute approximate surface area is 160 Å². The lowest BCUT2D eigenvalue weighted by atomic mass is 10.1. The molecule has 1 aromatic heterocycles. The largest absolute Gasteiger partial charge is 0.497 e. The van der Waals surface area contributed by atoms with E-state index in [4.69, 9.17) is 4.74 Å². The van der Waals surface area contributed by atoms with Crippen LogP contribution in [0.3, 0.4) is 0 Å². The summed E-state index contributed by atoms with van der Waals surface area (Å²) in [4.78, 5) is 5.26. The fourth-order valence-corrected chi connectivity index (χ4v) is 4.54. The predicted octanol–water partition coefficient (Wildman–Crippen LogP) is 5.85. The highest BCUT2D eigenvalue weighted by Gasteiger charge is 2.21. The molecule has 0 aliphatic heterocycles. The van der Waals surface area contributed by atoms with E-state index < -0.39 is 11.6 Å². The Morgan fingerprint density at radius 3 is 2.48 bits per heavy atom. The number of rotatable bonds is 4. The molecule has 3 nitrogen and oxygen atoms in total. The van der Waals surface area contributed by atoms with Crippen molar-refractivity contribution < 1.29 is 13.5 Å². The first kappa shape index (κ1) is 17.9. The average molecular weight is 386 g/mol. The number of nitrogens with zero attached hydrogens (tertiary/aromatic N) is 2. The Balaban J connectivity index is 1.84. The second kappa shape index (κ2) is 7.64. The molecule has 0 amide bonds. The van der Waals surface area contributed by atoms with Gasteiger partial charge in [-0.2, -0.15) is 0 Å². The lowest BCUT2D eigenvalue weighted by Crippen LogP contribution is -2.20. The molecule has 0 saturated heterocycles. The van der Waals surface area contributed by atoms with Gasteiger partial charge in [0.05, 0.1) is 12.8 Å². The summed E-state index contributed by atoms with van der Waals surface area (Å²) in [6.45, 7) is 0. The summed E-state index contributed by atoms with van der Waals surface area (Å²) < 4.78 is 34.8. The van der Waals surface area contributed by atoms with Crippen molar-refractivity contribution in [2.75, 3.05) is 7.11 Å². The number of ether oxygens (including phenoxy) is 1. The van der Waals surface area contributed by atoms with Gasteiger partial charge in [0.2, 0.25) is 0 Å². The lowest BCUT2D eigenvalue weighted by molar-refractivity contribution is 0.415. The minimum atomic E-state index is -0.646. The van der Waals surface area contributed by atoms with Crippen LogP contribution in [-0.4, -0.2) is 11.7 Å². The minimum absolute atomic E-state index is 0.159. The van der Waals surface area contributed by atoms with Gasteiger partial charge in [0.25, 0.3) is 0 Å². The molecule has 1 aliphatic rings. The van der Waals surface area contributed by atoms with Gasteiger partial charge >= 0.3 is 0 Å². The summed E-state index contributed by atoms with van der Waals surface area (Å²) in [5.41, 5.74) is 2.29. The average Bonchev–Trinajstić information content (AvgIpc) is 3.33. The molecule has 4 rings (SSSR count). The number of aromatic nitrogens is 1. The van der Waals surface area contributed by atoms with Gasteiger partial charge in [-0.05, 0) is 54.8 Å². The number of halogens is 2. The van der Waals surface area contributed by atoms with Crippen molar-refractivity contribution in [3.63, 3.8) is 0 Å². The normalized spacial score (nSPS) is 15.4. The van der Waals surface area contributed by atoms with Crippen LogP contribution in [0.5, 0.6) is 5.75 Å². The van der Waals surface area contributed by atoms with Gasteiger partial charge in [-0.25, -0.2) is 13.8 Å². The van der Waals surface area contributed by atoms with Crippen molar-refractivity contribution in [3.05, 3.63) is 64.3 Å². The molecule has 0 unspecified atom stereocenters. The highest BCUT2D eigenvalue weighted by atomic mass is 32.1. The van der Waals surface area contributed by atoms with Crippen molar-refractivity contribution in [1.29, 1.82) is 0 Å². The van der Waals surface area contributed by atoms with Gasteiger partial charge in [0, 0.05) is 17.5 Å². The zero-order valence-corrected chi connectivity index (χ0v) is 15.8. The first-order valence-electron chi connectivity index (χ1n) is 9.00. The molecule has 0 bridgehead atoms. The van der Waals surface area contributed by atoms with Crippen LogP contribution >= 0.6 is 11.3 Å². The van der Waals surface area contributed by atoms with Crippen molar-refractivity contribution in [2.24, 2.45) is 4.99 Å². The molecule has 6 heteroatoms. The topological polar surface area (TPSA) is 26.5 Å². The van der Waals surface area contributed by atoms with E-state index in [-0.39, 0.29) is 5.69 Å². The maximum absolute atomic E-state index is 14.1. The fourth-order valence-electron chi connectivity index (χ4n) is 3.56. The van der Waals surface area contributed by atoms with E-state index in [2.05, 4.69) is 14.9 Å². The standard InChI is InChI=1S/C21H20F2N2OS/c1-26-17-9-6-14(7-10-17)20-13-27-21(25(20)16-4-2-3-5-16)24-19-11-8-15(22)12-18(19)23/h6-13,16H,2-5H2,1H3. The van der Waals surface area contributed by atoms with Crippen LogP contribution in [0, 0.1) is 11.6 Å². The summed E-state index contributed by atoms with van der Waals surface area (Å²) >= 11 is 1.48. The first-order valence-corrected chi connectivity index (χ1v) is 9.88. The third-order valence-electron chi connectivity index (χ3n) is 4.94. The third-order valence-corrected chi connectivity index (χ3v) is 5.78. The maximum Gasteiger partial charge on any atom is 0.190 e. The van der Waals surface area contributed by atoms with E-state index >= 15 is 0 Å². The van der Waals surface area contributed by atoms with Gasteiger partial charge in [-0.15, -0.1) is 11.3 Å². The fraction of sp³-hybridized carbons (Fsp3) is 0.286. The van der Waals surface area contributed by atoms with Crippen molar-refractivity contribution in [3.8, 4) is 17.0 Å². The van der Waals surface area contributed by atoms with Crippen LogP contribution in [0.1, 0.15) is 31.7 Å². The Kier molecular flexibility index (Phi) is 5.07. The molecule has 27 heavy (non-hydrogen) atoms. The zero-order valence-electron chi connectivity index (χ0n) is 15.0. The summed E-state index contributed by atoms with van der Waals surface area (Å²) in [7, 11) is 1.65. The van der Waals surface area contributed by atoms with E-state index in [9.17, 15) is 8.78 Å². The molecule has 3 aromatic rings. The van der Waals surface area contributed by atoms with E-state index in [0.29, 0.717) is 6.04 Å². The van der Waals surface area contributed by atoms with Gasteiger partial charge in [-0.1, -0.05) is 12.8 Å². The van der Waals surface area contributed by atoms with Crippen LogP contribution in [0.15, 0.2) is 52.8 Å². The van der Waals surface area contributed by atoms with E-state index in [1.807, 2.05) is 24.3 Å². The van der Waals surface area contributed by atoms with Crippen LogP contribution < -0.4 is 9.54 Å². The Hall–Kier alpha value is -2.47. The second-order valence-corrected chi connectivity index (χ2v) is 7.48. The molecule has 1 saturated carbocycles. The van der Waals surface area contributed by atoms with E-state index in [1.54, 1.807) is 7.11 Å². The minimum Gasteiger partial charge on any atom is -0.497 e. The molecule has 1 heterocycles. The molecular weight excluding hydrogens is 366 g/mol. The number of hydrogen-bond donors (Lipinski definition) is 0. The van der Waals surface area contributed by atoms with Crippen molar-refractivity contribution >= 4 is 17.0 Å². The van der Waals surface area contributed by atoms with E-state index in [0.717, 1.165) is 40.7 Å². The predicted molar refractivity (Wildman–Crippen MR) is 103 cm³/mol. The molecular formula is C21H20F2N2OS. The van der Waals surface area contributed by atoms with Gasteiger partial charge in [-0.3, -0.25) is 0 Å². The van der Waals surface area contributed by atoms with E-state index in [1.165, 1.54) is 36.3 Å². The summed E-state index contributed by atoms with van der Waals surface area (Å²) in [6.07, 6.45) is 4.53. The molecule has 1 fully saturated rings. The van der Waals surface area contributed by atoms with Crippen LogP contribution in [0.4, 0.5) is 14.5 Å². The van der Waals surface area contributed by atoms with Gasteiger partial charge < -0.3 is 9.30 Å². The molecule has 0 N–H and O–H groups in total. The summed E-state index contributed by atoms with van der Waals surface area (Å²) in [6, 6.07) is 11.7. The number of benzene rings is 2. The van der Waals surface area contributed by atoms with Gasteiger partial charge in [0.15, 0.2) is 10.6 Å². The molecule has 2 aromatic carbocycles. The first-order chi connectivity index (χ1) is 13.2.